The SMILES string of the molecule is CC1(C)[C@@H]2CC[C@@]1(C)/C(=N\OC(=O)COc1ccccc1)C2. The zero-order valence-electron chi connectivity index (χ0n) is 13.5. The molecule has 0 aliphatic heterocycles. The number of nitrogens with zero attached hydrogens (tertiary/aromatic N) is 1. The molecule has 1 aromatic carbocycles. The third-order valence-corrected chi connectivity index (χ3v) is 5.87. The normalized spacial score (nSPS) is 30.5. The number of benzene rings is 1. The summed E-state index contributed by atoms with van der Waals surface area (Å²) in [6.07, 6.45) is 3.31. The molecule has 2 aliphatic rings. The van der Waals surface area contributed by atoms with Crippen molar-refractivity contribution in [1.82, 2.24) is 0 Å². The van der Waals surface area contributed by atoms with Crippen molar-refractivity contribution < 1.29 is 14.4 Å². The smallest absolute Gasteiger partial charge is 0.372 e. The van der Waals surface area contributed by atoms with E-state index in [0.717, 1.165) is 18.6 Å². The van der Waals surface area contributed by atoms with Gasteiger partial charge in [0.2, 0.25) is 0 Å². The molecule has 118 valence electrons. The molecule has 1 aromatic rings. The highest BCUT2D eigenvalue weighted by atomic mass is 16.7. The van der Waals surface area contributed by atoms with E-state index in [1.54, 1.807) is 12.1 Å². The lowest BCUT2D eigenvalue weighted by molar-refractivity contribution is -0.146. The summed E-state index contributed by atoms with van der Waals surface area (Å²) in [6.45, 7) is 6.72. The monoisotopic (exact) mass is 301 g/mol. The summed E-state index contributed by atoms with van der Waals surface area (Å²) in [6, 6.07) is 9.23. The van der Waals surface area contributed by atoms with Gasteiger partial charge in [0.15, 0.2) is 6.61 Å². The molecule has 0 amide bonds. The van der Waals surface area contributed by atoms with Gasteiger partial charge in [0.05, 0.1) is 5.71 Å². The highest BCUT2D eigenvalue weighted by Gasteiger charge is 2.60. The van der Waals surface area contributed by atoms with Crippen LogP contribution in [0.25, 0.3) is 0 Å². The van der Waals surface area contributed by atoms with Crippen LogP contribution in [-0.2, 0) is 9.63 Å². The Kier molecular flexibility index (Phi) is 3.71. The molecule has 4 nitrogen and oxygen atoms in total. The fraction of sp³-hybridized carbons (Fsp3) is 0.556. The maximum absolute atomic E-state index is 11.8. The molecular weight excluding hydrogens is 278 g/mol. The second kappa shape index (κ2) is 5.41. The molecule has 22 heavy (non-hydrogen) atoms. The Morgan fingerprint density at radius 3 is 2.59 bits per heavy atom. The molecule has 0 radical (unpaired) electrons. The van der Waals surface area contributed by atoms with Gasteiger partial charge in [-0.25, -0.2) is 4.79 Å². The maximum atomic E-state index is 11.8. The lowest BCUT2D eigenvalue weighted by atomic mass is 9.70. The molecule has 2 bridgehead atoms. The van der Waals surface area contributed by atoms with Crippen molar-refractivity contribution in [3.8, 4) is 5.75 Å². The first-order valence-corrected chi connectivity index (χ1v) is 7.88. The van der Waals surface area contributed by atoms with Crippen LogP contribution in [-0.4, -0.2) is 18.3 Å². The molecule has 0 saturated heterocycles. The van der Waals surface area contributed by atoms with Gasteiger partial charge in [-0.05, 0) is 42.7 Å². The van der Waals surface area contributed by atoms with Crippen LogP contribution in [0.15, 0.2) is 35.5 Å². The summed E-state index contributed by atoms with van der Waals surface area (Å²) in [5, 5.41) is 4.17. The summed E-state index contributed by atoms with van der Waals surface area (Å²) in [5.74, 6) is 0.844. The third kappa shape index (κ3) is 2.40. The topological polar surface area (TPSA) is 47.9 Å². The number of hydrogen-bond acceptors (Lipinski definition) is 4. The number of para-hydroxylation sites is 1. The Labute approximate surface area is 131 Å². The Morgan fingerprint density at radius 1 is 1.27 bits per heavy atom. The van der Waals surface area contributed by atoms with Crippen LogP contribution in [0.5, 0.6) is 5.75 Å². The first-order chi connectivity index (χ1) is 10.4. The van der Waals surface area contributed by atoms with Gasteiger partial charge in [-0.15, -0.1) is 0 Å². The number of oxime groups is 1. The molecule has 0 heterocycles. The van der Waals surface area contributed by atoms with E-state index in [1.807, 2.05) is 18.2 Å². The van der Waals surface area contributed by atoms with Crippen molar-refractivity contribution in [2.75, 3.05) is 6.61 Å². The van der Waals surface area contributed by atoms with Crippen molar-refractivity contribution in [3.05, 3.63) is 30.3 Å². The molecule has 2 atom stereocenters. The summed E-state index contributed by atoms with van der Waals surface area (Å²) in [5.41, 5.74) is 1.32. The van der Waals surface area contributed by atoms with E-state index in [0.29, 0.717) is 11.7 Å². The first kappa shape index (κ1) is 15.1. The van der Waals surface area contributed by atoms with Gasteiger partial charge < -0.3 is 9.57 Å². The zero-order chi connectivity index (χ0) is 15.8. The van der Waals surface area contributed by atoms with Crippen LogP contribution in [0, 0.1) is 16.7 Å². The molecule has 3 rings (SSSR count). The predicted molar refractivity (Wildman–Crippen MR) is 84.7 cm³/mol. The van der Waals surface area contributed by atoms with E-state index in [9.17, 15) is 4.79 Å². The maximum Gasteiger partial charge on any atom is 0.372 e. The number of fused-ring (bicyclic) bond motifs is 2. The third-order valence-electron chi connectivity index (χ3n) is 5.87. The fourth-order valence-corrected chi connectivity index (χ4v) is 3.86. The number of carbonyl (C=O) groups is 1. The molecule has 0 unspecified atom stereocenters. The standard InChI is InChI=1S/C18H23NO3/c1-17(2)13-9-10-18(17,3)15(11-13)19-22-16(20)12-21-14-7-5-4-6-8-14/h4-8,13H,9-12H2,1-3H3/b19-15-/t13-,18+/m1/s1. The summed E-state index contributed by atoms with van der Waals surface area (Å²) < 4.78 is 5.37. The summed E-state index contributed by atoms with van der Waals surface area (Å²) >= 11 is 0. The highest BCUT2D eigenvalue weighted by Crippen LogP contribution is 2.63. The van der Waals surface area contributed by atoms with Crippen molar-refractivity contribution in [3.63, 3.8) is 0 Å². The number of rotatable bonds is 4. The van der Waals surface area contributed by atoms with Crippen LogP contribution >= 0.6 is 0 Å². The Balaban J connectivity index is 1.57. The molecule has 0 aromatic heterocycles. The van der Waals surface area contributed by atoms with E-state index in [2.05, 4.69) is 25.9 Å². The second-order valence-electron chi connectivity index (χ2n) is 7.10. The number of hydrogen-bond donors (Lipinski definition) is 0. The second-order valence-corrected chi connectivity index (χ2v) is 7.10. The van der Waals surface area contributed by atoms with E-state index in [4.69, 9.17) is 9.57 Å². The summed E-state index contributed by atoms with van der Waals surface area (Å²) in [4.78, 5) is 16.9. The molecule has 2 saturated carbocycles. The quantitative estimate of drug-likeness (QED) is 0.627. The molecule has 0 N–H and O–H groups in total. The van der Waals surface area contributed by atoms with Gasteiger partial charge in [-0.3, -0.25) is 0 Å². The highest BCUT2D eigenvalue weighted by molar-refractivity contribution is 5.94. The molecule has 2 fully saturated rings. The molecule has 4 heteroatoms. The summed E-state index contributed by atoms with van der Waals surface area (Å²) in [7, 11) is 0. The number of carbonyl (C=O) groups excluding carboxylic acids is 1. The average molecular weight is 301 g/mol. The fourth-order valence-electron chi connectivity index (χ4n) is 3.86. The predicted octanol–water partition coefficient (Wildman–Crippen LogP) is 3.81. The lowest BCUT2D eigenvalue weighted by Gasteiger charge is -2.34. The van der Waals surface area contributed by atoms with Crippen LogP contribution in [0.1, 0.15) is 40.0 Å². The van der Waals surface area contributed by atoms with Crippen LogP contribution in [0.2, 0.25) is 0 Å². The van der Waals surface area contributed by atoms with Crippen LogP contribution in [0.3, 0.4) is 0 Å². The van der Waals surface area contributed by atoms with E-state index < -0.39 is 5.97 Å². The largest absolute Gasteiger partial charge is 0.482 e. The molecule has 2 aliphatic carbocycles. The van der Waals surface area contributed by atoms with Crippen molar-refractivity contribution in [2.24, 2.45) is 21.9 Å². The Hall–Kier alpha value is -1.84. The van der Waals surface area contributed by atoms with E-state index >= 15 is 0 Å². The minimum Gasteiger partial charge on any atom is -0.482 e. The number of ether oxygens (including phenoxy) is 1. The van der Waals surface area contributed by atoms with Crippen molar-refractivity contribution in [2.45, 2.75) is 40.0 Å². The van der Waals surface area contributed by atoms with Gasteiger partial charge in [0.1, 0.15) is 5.75 Å². The van der Waals surface area contributed by atoms with Crippen LogP contribution in [0.4, 0.5) is 0 Å². The molecule has 0 spiro atoms. The lowest BCUT2D eigenvalue weighted by Crippen LogP contribution is -2.32. The van der Waals surface area contributed by atoms with Gasteiger partial charge in [-0.1, -0.05) is 44.1 Å². The Bertz CT molecular complexity index is 594. The van der Waals surface area contributed by atoms with E-state index in [-0.39, 0.29) is 17.4 Å². The molecular formula is C18H23NO3. The van der Waals surface area contributed by atoms with Gasteiger partial charge in [0.25, 0.3) is 0 Å². The average Bonchev–Trinajstić information content (AvgIpc) is 2.85. The zero-order valence-corrected chi connectivity index (χ0v) is 13.5. The minimum atomic E-state index is -0.458. The van der Waals surface area contributed by atoms with Crippen LogP contribution < -0.4 is 4.74 Å². The van der Waals surface area contributed by atoms with Gasteiger partial charge >= 0.3 is 5.97 Å². The van der Waals surface area contributed by atoms with Gasteiger partial charge in [0, 0.05) is 5.41 Å². The Morgan fingerprint density at radius 2 is 2.00 bits per heavy atom. The van der Waals surface area contributed by atoms with Crippen molar-refractivity contribution in [1.29, 1.82) is 0 Å². The first-order valence-electron chi connectivity index (χ1n) is 7.88. The van der Waals surface area contributed by atoms with Gasteiger partial charge in [-0.2, -0.15) is 0 Å². The van der Waals surface area contributed by atoms with Crippen molar-refractivity contribution >= 4 is 11.7 Å². The van der Waals surface area contributed by atoms with E-state index in [1.165, 1.54) is 6.42 Å². The minimum absolute atomic E-state index is 0.0538.